The van der Waals surface area contributed by atoms with Crippen molar-refractivity contribution in [3.05, 3.63) is 65.3 Å². The fourth-order valence-corrected chi connectivity index (χ4v) is 3.61. The number of hydrogen-bond acceptors (Lipinski definition) is 3. The van der Waals surface area contributed by atoms with Gasteiger partial charge >= 0.3 is 0 Å². The molecule has 6 heteroatoms. The van der Waals surface area contributed by atoms with E-state index in [-0.39, 0.29) is 5.92 Å². The Bertz CT molecular complexity index is 841. The van der Waals surface area contributed by atoms with Crippen LogP contribution in [0.5, 0.6) is 0 Å². The highest BCUT2D eigenvalue weighted by Gasteiger charge is 2.32. The highest BCUT2D eigenvalue weighted by Crippen LogP contribution is 2.37. The van der Waals surface area contributed by atoms with E-state index in [0.717, 1.165) is 35.5 Å². The quantitative estimate of drug-likeness (QED) is 0.740. The minimum atomic E-state index is -0.925. The lowest BCUT2D eigenvalue weighted by Crippen LogP contribution is -2.38. The molecule has 4 nitrogen and oxygen atoms in total. The summed E-state index contributed by atoms with van der Waals surface area (Å²) in [6, 6.07) is 3.85. The molecule has 1 fully saturated rings. The van der Waals surface area contributed by atoms with Crippen molar-refractivity contribution in [3.63, 3.8) is 0 Å². The molecule has 0 aromatic carbocycles. The van der Waals surface area contributed by atoms with Crippen LogP contribution in [-0.4, -0.2) is 46.4 Å². The van der Waals surface area contributed by atoms with Gasteiger partial charge in [0, 0.05) is 41.1 Å². The maximum atomic E-state index is 14.8. The summed E-state index contributed by atoms with van der Waals surface area (Å²) in [5, 5.41) is 8.20. The zero-order valence-electron chi connectivity index (χ0n) is 15.6. The van der Waals surface area contributed by atoms with Crippen molar-refractivity contribution in [1.82, 2.24) is 20.1 Å². The molecule has 0 saturated carbocycles. The van der Waals surface area contributed by atoms with E-state index >= 15 is 0 Å². The molecular weight excluding hydrogens is 363 g/mol. The molecule has 2 unspecified atom stereocenters. The molecule has 1 aliphatic rings. The monoisotopic (exact) mass is 386 g/mol. The lowest BCUT2D eigenvalue weighted by Gasteiger charge is -2.32. The van der Waals surface area contributed by atoms with Crippen LogP contribution in [-0.2, 0) is 0 Å². The SMILES string of the molecule is C\C=C/C(Cl)=C\C=C\c1n[nH]c(C2CCN(C)CC2F)c1-c1ccncc1. The second-order valence-corrected chi connectivity index (χ2v) is 7.15. The molecule has 142 valence electrons. The number of rotatable bonds is 5. The van der Waals surface area contributed by atoms with Crippen LogP contribution >= 0.6 is 11.6 Å². The summed E-state index contributed by atoms with van der Waals surface area (Å²) in [5.74, 6) is -0.193. The summed E-state index contributed by atoms with van der Waals surface area (Å²) < 4.78 is 14.8. The number of likely N-dealkylation sites (tertiary alicyclic amines) is 1. The van der Waals surface area contributed by atoms with Crippen molar-refractivity contribution in [2.45, 2.75) is 25.4 Å². The lowest BCUT2D eigenvalue weighted by molar-refractivity contribution is 0.137. The van der Waals surface area contributed by atoms with Gasteiger partial charge in [0.05, 0.1) is 5.69 Å². The van der Waals surface area contributed by atoms with Crippen LogP contribution in [0.1, 0.15) is 30.7 Å². The molecular formula is C21H24ClFN4. The number of H-pyrrole nitrogens is 1. The number of hydrogen-bond donors (Lipinski definition) is 1. The topological polar surface area (TPSA) is 44.8 Å². The Morgan fingerprint density at radius 1 is 1.37 bits per heavy atom. The van der Waals surface area contributed by atoms with Gasteiger partial charge in [0.25, 0.3) is 0 Å². The number of alkyl halides is 1. The number of nitrogens with zero attached hydrogens (tertiary/aromatic N) is 3. The van der Waals surface area contributed by atoms with Crippen LogP contribution in [0.25, 0.3) is 17.2 Å². The standard InChI is InChI=1S/C21H24ClFN4/c1-3-5-16(22)6-4-7-19-20(15-8-11-24-12-9-15)21(26-25-19)17-10-13-27(2)14-18(17)23/h3-9,11-12,17-18H,10,13-14H2,1-2H3,(H,25,26)/b5-3-,7-4+,16-6+. The first-order valence-corrected chi connectivity index (χ1v) is 9.45. The third-order valence-electron chi connectivity index (χ3n) is 4.74. The Balaban J connectivity index is 1.99. The Morgan fingerprint density at radius 2 is 2.15 bits per heavy atom. The van der Waals surface area contributed by atoms with Crippen LogP contribution in [0.15, 0.2) is 53.9 Å². The Labute approximate surface area is 164 Å². The van der Waals surface area contributed by atoms with Crippen molar-refractivity contribution < 1.29 is 4.39 Å². The molecule has 1 saturated heterocycles. The first kappa shape index (κ1) is 19.5. The first-order chi connectivity index (χ1) is 13.1. The van der Waals surface area contributed by atoms with Gasteiger partial charge < -0.3 is 4.90 Å². The minimum absolute atomic E-state index is 0.193. The van der Waals surface area contributed by atoms with Crippen LogP contribution < -0.4 is 0 Å². The summed E-state index contributed by atoms with van der Waals surface area (Å²) in [5.41, 5.74) is 3.53. The van der Waals surface area contributed by atoms with E-state index in [0.29, 0.717) is 11.6 Å². The third-order valence-corrected chi connectivity index (χ3v) is 4.99. The van der Waals surface area contributed by atoms with Gasteiger partial charge in [0.1, 0.15) is 6.17 Å². The Morgan fingerprint density at radius 3 is 2.85 bits per heavy atom. The van der Waals surface area contributed by atoms with Gasteiger partial charge in [-0.3, -0.25) is 10.1 Å². The molecule has 3 rings (SSSR count). The highest BCUT2D eigenvalue weighted by atomic mass is 35.5. The molecule has 2 aromatic heterocycles. The zero-order chi connectivity index (χ0) is 19.2. The fraction of sp³-hybridized carbons (Fsp3) is 0.333. The second kappa shape index (κ2) is 9.11. The molecule has 0 aliphatic carbocycles. The number of aromatic amines is 1. The minimum Gasteiger partial charge on any atom is -0.303 e. The third kappa shape index (κ3) is 4.73. The summed E-state index contributed by atoms with van der Waals surface area (Å²) in [7, 11) is 1.95. The van der Waals surface area contributed by atoms with E-state index in [9.17, 15) is 4.39 Å². The number of halogens is 2. The number of aromatic nitrogens is 3. The van der Waals surface area contributed by atoms with Gasteiger partial charge in [0.15, 0.2) is 0 Å². The van der Waals surface area contributed by atoms with Gasteiger partial charge in [-0.2, -0.15) is 5.10 Å². The van der Waals surface area contributed by atoms with Gasteiger partial charge in [-0.15, -0.1) is 0 Å². The summed E-state index contributed by atoms with van der Waals surface area (Å²) >= 11 is 6.10. The molecule has 27 heavy (non-hydrogen) atoms. The molecule has 1 aliphatic heterocycles. The van der Waals surface area contributed by atoms with E-state index in [1.165, 1.54) is 0 Å². The van der Waals surface area contributed by atoms with E-state index in [1.807, 2.05) is 55.3 Å². The van der Waals surface area contributed by atoms with Gasteiger partial charge in [-0.25, -0.2) is 4.39 Å². The largest absolute Gasteiger partial charge is 0.303 e. The molecule has 0 spiro atoms. The summed E-state index contributed by atoms with van der Waals surface area (Å²) in [6.45, 7) is 3.22. The Kier molecular flexibility index (Phi) is 6.58. The average Bonchev–Trinajstić information content (AvgIpc) is 3.06. The normalized spacial score (nSPS) is 22.1. The van der Waals surface area contributed by atoms with Crippen LogP contribution in [0, 0.1) is 0 Å². The maximum Gasteiger partial charge on any atom is 0.121 e. The summed E-state index contributed by atoms with van der Waals surface area (Å²) in [4.78, 5) is 6.12. The number of piperidine rings is 1. The lowest BCUT2D eigenvalue weighted by atomic mass is 9.87. The van der Waals surface area contributed by atoms with E-state index in [2.05, 4.69) is 15.2 Å². The number of allylic oxidation sites excluding steroid dienone is 5. The van der Waals surface area contributed by atoms with Crippen molar-refractivity contribution in [1.29, 1.82) is 0 Å². The first-order valence-electron chi connectivity index (χ1n) is 9.08. The average molecular weight is 387 g/mol. The smallest absolute Gasteiger partial charge is 0.121 e. The summed E-state index contributed by atoms with van der Waals surface area (Å²) in [6.07, 6.45) is 12.6. The van der Waals surface area contributed by atoms with Gasteiger partial charge in [-0.05, 0) is 62.9 Å². The molecule has 3 heterocycles. The molecule has 0 bridgehead atoms. The number of pyridine rings is 1. The maximum absolute atomic E-state index is 14.8. The van der Waals surface area contributed by atoms with Crippen molar-refractivity contribution in [3.8, 4) is 11.1 Å². The van der Waals surface area contributed by atoms with Crippen molar-refractivity contribution in [2.75, 3.05) is 20.1 Å². The zero-order valence-corrected chi connectivity index (χ0v) is 16.3. The number of nitrogens with one attached hydrogen (secondary N) is 1. The molecule has 0 amide bonds. The predicted molar refractivity (Wildman–Crippen MR) is 109 cm³/mol. The molecule has 2 atom stereocenters. The van der Waals surface area contributed by atoms with Crippen molar-refractivity contribution in [2.24, 2.45) is 0 Å². The molecule has 1 N–H and O–H groups in total. The van der Waals surface area contributed by atoms with E-state index < -0.39 is 6.17 Å². The van der Waals surface area contributed by atoms with E-state index in [1.54, 1.807) is 18.5 Å². The van der Waals surface area contributed by atoms with Crippen molar-refractivity contribution >= 4 is 17.7 Å². The second-order valence-electron chi connectivity index (χ2n) is 6.72. The van der Waals surface area contributed by atoms with E-state index in [4.69, 9.17) is 11.6 Å². The Hall–Kier alpha value is -2.24. The molecule has 2 aromatic rings. The van der Waals surface area contributed by atoms with Crippen LogP contribution in [0.4, 0.5) is 4.39 Å². The predicted octanol–water partition coefficient (Wildman–Crippen LogP) is 4.94. The van der Waals surface area contributed by atoms with Gasteiger partial charge in [0.2, 0.25) is 0 Å². The van der Waals surface area contributed by atoms with Crippen LogP contribution in [0.3, 0.4) is 0 Å². The van der Waals surface area contributed by atoms with Crippen LogP contribution in [0.2, 0.25) is 0 Å². The highest BCUT2D eigenvalue weighted by molar-refractivity contribution is 6.31. The fourth-order valence-electron chi connectivity index (χ4n) is 3.41. The molecule has 0 radical (unpaired) electrons. The van der Waals surface area contributed by atoms with Gasteiger partial charge in [-0.1, -0.05) is 23.8 Å².